The standard InChI is InChI=1S/C25H23N3O2/c1-17(18-11-13-20(14-12-18)19-7-3-2-4-8-19)26-24(29)16-15-23-25(30)28-22-10-6-5-9-21(22)27-23/h2-14,17H,15-16H2,1H3,(H,26,29)(H,28,30)/t17-/m0/s1. The molecule has 0 saturated heterocycles. The molecule has 0 saturated carbocycles. The first-order valence-corrected chi connectivity index (χ1v) is 10.0. The molecule has 1 amide bonds. The van der Waals surface area contributed by atoms with Crippen molar-refractivity contribution < 1.29 is 4.79 Å². The van der Waals surface area contributed by atoms with Gasteiger partial charge in [-0.15, -0.1) is 0 Å². The molecule has 0 aliphatic carbocycles. The number of para-hydroxylation sites is 2. The van der Waals surface area contributed by atoms with Crippen molar-refractivity contribution in [3.05, 3.63) is 100 Å². The van der Waals surface area contributed by atoms with Crippen molar-refractivity contribution in [3.63, 3.8) is 0 Å². The fourth-order valence-electron chi connectivity index (χ4n) is 3.46. The van der Waals surface area contributed by atoms with Crippen LogP contribution in [0.2, 0.25) is 0 Å². The molecule has 4 aromatic rings. The molecule has 3 aromatic carbocycles. The van der Waals surface area contributed by atoms with E-state index in [4.69, 9.17) is 0 Å². The fraction of sp³-hybridized carbons (Fsp3) is 0.160. The Bertz CT molecular complexity index is 1210. The number of aromatic amines is 1. The van der Waals surface area contributed by atoms with Gasteiger partial charge in [0.05, 0.1) is 17.1 Å². The van der Waals surface area contributed by atoms with Crippen LogP contribution >= 0.6 is 0 Å². The second kappa shape index (κ2) is 8.74. The predicted molar refractivity (Wildman–Crippen MR) is 119 cm³/mol. The van der Waals surface area contributed by atoms with E-state index in [1.807, 2.05) is 61.5 Å². The van der Waals surface area contributed by atoms with Crippen LogP contribution in [0.5, 0.6) is 0 Å². The third-order valence-electron chi connectivity index (χ3n) is 5.15. The molecule has 5 heteroatoms. The van der Waals surface area contributed by atoms with Gasteiger partial charge in [0.25, 0.3) is 5.56 Å². The quantitative estimate of drug-likeness (QED) is 0.506. The number of hydrogen-bond acceptors (Lipinski definition) is 3. The van der Waals surface area contributed by atoms with Crippen molar-refractivity contribution in [1.29, 1.82) is 0 Å². The number of nitrogens with zero attached hydrogens (tertiary/aromatic N) is 1. The summed E-state index contributed by atoms with van der Waals surface area (Å²) in [5.41, 5.74) is 4.88. The summed E-state index contributed by atoms with van der Waals surface area (Å²) in [5.74, 6) is -0.107. The summed E-state index contributed by atoms with van der Waals surface area (Å²) < 4.78 is 0. The number of aromatic nitrogens is 2. The number of aryl methyl sites for hydroxylation is 1. The van der Waals surface area contributed by atoms with E-state index in [0.29, 0.717) is 17.6 Å². The molecular formula is C25H23N3O2. The second-order valence-electron chi connectivity index (χ2n) is 7.31. The zero-order chi connectivity index (χ0) is 20.9. The number of benzene rings is 3. The van der Waals surface area contributed by atoms with Crippen molar-refractivity contribution in [1.82, 2.24) is 15.3 Å². The minimum atomic E-state index is -0.244. The minimum Gasteiger partial charge on any atom is -0.350 e. The number of carbonyl (C=O) groups excluding carboxylic acids is 1. The first kappa shape index (κ1) is 19.6. The van der Waals surface area contributed by atoms with E-state index in [-0.39, 0.29) is 23.9 Å². The summed E-state index contributed by atoms with van der Waals surface area (Å²) in [7, 11) is 0. The number of rotatable bonds is 6. The van der Waals surface area contributed by atoms with Gasteiger partial charge in [0, 0.05) is 12.8 Å². The SMILES string of the molecule is C[C@H](NC(=O)CCc1nc2ccccc2[nH]c1=O)c1ccc(-c2ccccc2)cc1. The van der Waals surface area contributed by atoms with E-state index in [9.17, 15) is 9.59 Å². The lowest BCUT2D eigenvalue weighted by molar-refractivity contribution is -0.121. The van der Waals surface area contributed by atoms with Crippen molar-refractivity contribution in [3.8, 4) is 11.1 Å². The number of H-pyrrole nitrogens is 1. The van der Waals surface area contributed by atoms with E-state index in [1.54, 1.807) is 0 Å². The summed E-state index contributed by atoms with van der Waals surface area (Å²) in [6.45, 7) is 1.95. The number of hydrogen-bond donors (Lipinski definition) is 2. The summed E-state index contributed by atoms with van der Waals surface area (Å²) in [6.07, 6.45) is 0.506. The van der Waals surface area contributed by atoms with Crippen molar-refractivity contribution >= 4 is 16.9 Å². The van der Waals surface area contributed by atoms with Gasteiger partial charge in [0.15, 0.2) is 0 Å². The average Bonchev–Trinajstić information content (AvgIpc) is 2.78. The summed E-state index contributed by atoms with van der Waals surface area (Å²) >= 11 is 0. The molecule has 1 heterocycles. The summed E-state index contributed by atoms with van der Waals surface area (Å²) in [5, 5.41) is 3.00. The Balaban J connectivity index is 1.37. The first-order chi connectivity index (χ1) is 14.6. The van der Waals surface area contributed by atoms with Crippen molar-refractivity contribution in [2.75, 3.05) is 0 Å². The Morgan fingerprint density at radius 3 is 2.37 bits per heavy atom. The second-order valence-corrected chi connectivity index (χ2v) is 7.31. The molecule has 150 valence electrons. The molecular weight excluding hydrogens is 374 g/mol. The Morgan fingerprint density at radius 1 is 0.933 bits per heavy atom. The van der Waals surface area contributed by atoms with Crippen LogP contribution in [0.1, 0.15) is 30.6 Å². The number of nitrogens with one attached hydrogen (secondary N) is 2. The highest BCUT2D eigenvalue weighted by atomic mass is 16.1. The maximum atomic E-state index is 12.4. The zero-order valence-electron chi connectivity index (χ0n) is 16.8. The van der Waals surface area contributed by atoms with Gasteiger partial charge in [0.1, 0.15) is 5.69 Å². The van der Waals surface area contributed by atoms with E-state index in [1.165, 1.54) is 0 Å². The Morgan fingerprint density at radius 2 is 1.60 bits per heavy atom. The average molecular weight is 397 g/mol. The van der Waals surface area contributed by atoms with Crippen LogP contribution in [0.4, 0.5) is 0 Å². The lowest BCUT2D eigenvalue weighted by Gasteiger charge is -2.15. The Kier molecular flexibility index (Phi) is 5.70. The molecule has 0 fully saturated rings. The van der Waals surface area contributed by atoms with Crippen LogP contribution in [-0.2, 0) is 11.2 Å². The van der Waals surface area contributed by atoms with Gasteiger partial charge in [-0.1, -0.05) is 66.7 Å². The van der Waals surface area contributed by atoms with Crippen LogP contribution < -0.4 is 10.9 Å². The van der Waals surface area contributed by atoms with E-state index in [2.05, 4.69) is 39.6 Å². The van der Waals surface area contributed by atoms with Gasteiger partial charge in [-0.3, -0.25) is 9.59 Å². The third-order valence-corrected chi connectivity index (χ3v) is 5.15. The van der Waals surface area contributed by atoms with E-state index < -0.39 is 0 Å². The first-order valence-electron chi connectivity index (χ1n) is 10.0. The molecule has 1 aromatic heterocycles. The molecule has 30 heavy (non-hydrogen) atoms. The molecule has 0 bridgehead atoms. The van der Waals surface area contributed by atoms with Crippen molar-refractivity contribution in [2.45, 2.75) is 25.8 Å². The zero-order valence-corrected chi connectivity index (χ0v) is 16.8. The van der Waals surface area contributed by atoms with Crippen LogP contribution in [0.15, 0.2) is 83.7 Å². The Hall–Kier alpha value is -3.73. The van der Waals surface area contributed by atoms with Crippen LogP contribution in [0.3, 0.4) is 0 Å². The van der Waals surface area contributed by atoms with Gasteiger partial charge in [-0.25, -0.2) is 4.98 Å². The van der Waals surface area contributed by atoms with E-state index >= 15 is 0 Å². The third kappa shape index (κ3) is 4.46. The predicted octanol–water partition coefficient (Wildman–Crippen LogP) is 4.40. The number of fused-ring (bicyclic) bond motifs is 1. The largest absolute Gasteiger partial charge is 0.350 e. The summed E-state index contributed by atoms with van der Waals surface area (Å²) in [6, 6.07) is 25.6. The van der Waals surface area contributed by atoms with Gasteiger partial charge in [0.2, 0.25) is 5.91 Å². The molecule has 0 unspecified atom stereocenters. The molecule has 5 nitrogen and oxygen atoms in total. The monoisotopic (exact) mass is 397 g/mol. The number of amides is 1. The fourth-order valence-corrected chi connectivity index (χ4v) is 3.46. The van der Waals surface area contributed by atoms with Gasteiger partial charge in [-0.2, -0.15) is 0 Å². The normalized spacial score (nSPS) is 11.9. The molecule has 4 rings (SSSR count). The molecule has 0 aliphatic rings. The highest BCUT2D eigenvalue weighted by molar-refractivity contribution is 5.77. The molecule has 1 atom stereocenters. The lowest BCUT2D eigenvalue weighted by atomic mass is 10.0. The Labute approximate surface area is 174 Å². The smallest absolute Gasteiger partial charge is 0.270 e. The highest BCUT2D eigenvalue weighted by Crippen LogP contribution is 2.21. The minimum absolute atomic E-state index is 0.107. The lowest BCUT2D eigenvalue weighted by Crippen LogP contribution is -2.27. The van der Waals surface area contributed by atoms with Crippen LogP contribution in [-0.4, -0.2) is 15.9 Å². The van der Waals surface area contributed by atoms with Gasteiger partial charge < -0.3 is 10.3 Å². The highest BCUT2D eigenvalue weighted by Gasteiger charge is 2.12. The maximum absolute atomic E-state index is 12.4. The molecule has 0 radical (unpaired) electrons. The number of carbonyl (C=O) groups is 1. The molecule has 2 N–H and O–H groups in total. The maximum Gasteiger partial charge on any atom is 0.270 e. The van der Waals surface area contributed by atoms with Crippen LogP contribution in [0.25, 0.3) is 22.2 Å². The van der Waals surface area contributed by atoms with Gasteiger partial charge in [-0.05, 0) is 35.7 Å². The summed E-state index contributed by atoms with van der Waals surface area (Å²) in [4.78, 5) is 31.8. The van der Waals surface area contributed by atoms with Crippen LogP contribution in [0, 0.1) is 0 Å². The topological polar surface area (TPSA) is 74.8 Å². The molecule has 0 spiro atoms. The molecule has 0 aliphatic heterocycles. The van der Waals surface area contributed by atoms with Gasteiger partial charge >= 0.3 is 0 Å². The van der Waals surface area contributed by atoms with Crippen molar-refractivity contribution in [2.24, 2.45) is 0 Å². The van der Waals surface area contributed by atoms with E-state index in [0.717, 1.165) is 22.2 Å².